The van der Waals surface area contributed by atoms with Crippen LogP contribution in [0.1, 0.15) is 24.4 Å². The highest BCUT2D eigenvalue weighted by molar-refractivity contribution is 7.98. The fourth-order valence-electron chi connectivity index (χ4n) is 3.24. The van der Waals surface area contributed by atoms with Crippen LogP contribution in [0.5, 0.6) is 0 Å². The zero-order valence-electron chi connectivity index (χ0n) is 16.3. The maximum atomic E-state index is 13.9. The summed E-state index contributed by atoms with van der Waals surface area (Å²) in [6.07, 6.45) is 3.38. The Morgan fingerprint density at radius 1 is 1.23 bits per heavy atom. The molecule has 0 fully saturated rings. The van der Waals surface area contributed by atoms with E-state index >= 15 is 0 Å². The molecule has 0 saturated heterocycles. The third-order valence-electron chi connectivity index (χ3n) is 4.62. The molecule has 0 spiro atoms. The van der Waals surface area contributed by atoms with Crippen LogP contribution in [-0.2, 0) is 0 Å². The van der Waals surface area contributed by atoms with Crippen molar-refractivity contribution < 1.29 is 4.39 Å². The number of aromatic nitrogens is 4. The molecule has 30 heavy (non-hydrogen) atoms. The number of hydrogen-bond acceptors (Lipinski definition) is 7. The number of hydrogen-bond donors (Lipinski definition) is 2. The average molecular weight is 419 g/mol. The standard InChI is InChI=1S/C21H18FN7S/c1-12(26-19-13(10-23)11-25-21(24)28-19)20-27-17-8-14(22)6-7-18(17)29(20)15-4-3-5-16(9-15)30-2/h3-9,11-12H,1-2H3,(H3,24,25,26,28)/t12-/m1/s1. The number of halogens is 1. The van der Waals surface area contributed by atoms with Crippen LogP contribution in [-0.4, -0.2) is 25.8 Å². The zero-order chi connectivity index (χ0) is 21.3. The summed E-state index contributed by atoms with van der Waals surface area (Å²) in [7, 11) is 0. The Morgan fingerprint density at radius 2 is 2.07 bits per heavy atom. The van der Waals surface area contributed by atoms with Crippen LogP contribution in [0, 0.1) is 17.1 Å². The normalized spacial score (nSPS) is 11.9. The Balaban J connectivity index is 1.86. The first-order valence-corrected chi connectivity index (χ1v) is 10.3. The minimum atomic E-state index is -0.361. The number of nitrogens with zero attached hydrogens (tertiary/aromatic N) is 5. The van der Waals surface area contributed by atoms with Crippen LogP contribution in [0.15, 0.2) is 53.6 Å². The van der Waals surface area contributed by atoms with Crippen molar-refractivity contribution in [3.63, 3.8) is 0 Å². The predicted octanol–water partition coefficient (Wildman–Crippen LogP) is 4.30. The lowest BCUT2D eigenvalue weighted by atomic mass is 10.2. The molecule has 3 N–H and O–H groups in total. The summed E-state index contributed by atoms with van der Waals surface area (Å²) in [6, 6.07) is 14.2. The Kier molecular flexibility index (Phi) is 5.25. The smallest absolute Gasteiger partial charge is 0.222 e. The number of nitrogen functional groups attached to an aromatic ring is 1. The van der Waals surface area contributed by atoms with Gasteiger partial charge in [0.05, 0.1) is 23.3 Å². The SMILES string of the molecule is CSc1cccc(-n2c([C@@H](C)Nc3nc(N)ncc3C#N)nc3cc(F)ccc32)c1. The molecule has 2 aromatic carbocycles. The molecule has 0 bridgehead atoms. The van der Waals surface area contributed by atoms with Crippen molar-refractivity contribution in [1.82, 2.24) is 19.5 Å². The highest BCUT2D eigenvalue weighted by Gasteiger charge is 2.20. The molecule has 4 rings (SSSR count). The van der Waals surface area contributed by atoms with Gasteiger partial charge in [-0.3, -0.25) is 4.57 Å². The van der Waals surface area contributed by atoms with E-state index in [0.29, 0.717) is 17.2 Å². The molecule has 1 atom stereocenters. The van der Waals surface area contributed by atoms with E-state index in [2.05, 4.69) is 32.4 Å². The number of imidazole rings is 1. The van der Waals surface area contributed by atoms with Gasteiger partial charge in [0.25, 0.3) is 0 Å². The molecule has 0 aliphatic heterocycles. The summed E-state index contributed by atoms with van der Waals surface area (Å²) in [5, 5.41) is 12.5. The topological polar surface area (TPSA) is 105 Å². The van der Waals surface area contributed by atoms with Crippen LogP contribution in [0.3, 0.4) is 0 Å². The molecular weight excluding hydrogens is 401 g/mol. The molecule has 150 valence electrons. The molecule has 0 amide bonds. The van der Waals surface area contributed by atoms with Crippen LogP contribution in [0.4, 0.5) is 16.2 Å². The van der Waals surface area contributed by atoms with Crippen LogP contribution in [0.25, 0.3) is 16.7 Å². The Bertz CT molecular complexity index is 1280. The molecule has 0 aliphatic rings. The number of nitrogens with two attached hydrogens (primary N) is 1. The van der Waals surface area contributed by atoms with E-state index in [1.54, 1.807) is 17.8 Å². The molecule has 0 aliphatic carbocycles. The van der Waals surface area contributed by atoms with Gasteiger partial charge in [-0.1, -0.05) is 6.07 Å². The Morgan fingerprint density at radius 3 is 2.83 bits per heavy atom. The van der Waals surface area contributed by atoms with Crippen molar-refractivity contribution in [3.05, 3.63) is 65.9 Å². The first-order valence-electron chi connectivity index (χ1n) is 9.11. The third kappa shape index (κ3) is 3.65. The molecular formula is C21H18FN7S. The zero-order valence-corrected chi connectivity index (χ0v) is 17.1. The molecule has 0 radical (unpaired) electrons. The molecule has 2 heterocycles. The van der Waals surface area contributed by atoms with Crippen molar-refractivity contribution in [2.75, 3.05) is 17.3 Å². The summed E-state index contributed by atoms with van der Waals surface area (Å²) in [4.78, 5) is 13.8. The first kappa shape index (κ1) is 19.7. The molecule has 2 aromatic heterocycles. The van der Waals surface area contributed by atoms with Crippen molar-refractivity contribution in [1.29, 1.82) is 5.26 Å². The van der Waals surface area contributed by atoms with Crippen LogP contribution >= 0.6 is 11.8 Å². The van der Waals surface area contributed by atoms with Gasteiger partial charge in [-0.05, 0) is 43.5 Å². The number of fused-ring (bicyclic) bond motifs is 1. The fourth-order valence-corrected chi connectivity index (χ4v) is 3.69. The van der Waals surface area contributed by atoms with E-state index in [9.17, 15) is 9.65 Å². The second kappa shape index (κ2) is 8.00. The van der Waals surface area contributed by atoms with Gasteiger partial charge < -0.3 is 11.1 Å². The lowest BCUT2D eigenvalue weighted by Gasteiger charge is -2.18. The van der Waals surface area contributed by atoms with Gasteiger partial charge >= 0.3 is 0 Å². The van der Waals surface area contributed by atoms with E-state index in [1.807, 2.05) is 35.9 Å². The van der Waals surface area contributed by atoms with Crippen molar-refractivity contribution in [3.8, 4) is 11.8 Å². The van der Waals surface area contributed by atoms with Gasteiger partial charge in [0.1, 0.15) is 29.1 Å². The van der Waals surface area contributed by atoms with Crippen molar-refractivity contribution in [2.24, 2.45) is 0 Å². The molecule has 4 aromatic rings. The summed E-state index contributed by atoms with van der Waals surface area (Å²) < 4.78 is 15.8. The summed E-state index contributed by atoms with van der Waals surface area (Å²) in [6.45, 7) is 1.89. The first-order chi connectivity index (χ1) is 14.5. The number of anilines is 2. The highest BCUT2D eigenvalue weighted by Crippen LogP contribution is 2.29. The monoisotopic (exact) mass is 419 g/mol. The van der Waals surface area contributed by atoms with E-state index in [-0.39, 0.29) is 23.4 Å². The predicted molar refractivity (Wildman–Crippen MR) is 116 cm³/mol. The van der Waals surface area contributed by atoms with Crippen LogP contribution < -0.4 is 11.1 Å². The minimum absolute atomic E-state index is 0.0620. The summed E-state index contributed by atoms with van der Waals surface area (Å²) >= 11 is 1.64. The number of thioether (sulfide) groups is 1. The largest absolute Gasteiger partial charge is 0.368 e. The van der Waals surface area contributed by atoms with Crippen LogP contribution in [0.2, 0.25) is 0 Å². The number of nitrogens with one attached hydrogen (secondary N) is 1. The van der Waals surface area contributed by atoms with Crippen molar-refractivity contribution in [2.45, 2.75) is 17.9 Å². The van der Waals surface area contributed by atoms with Gasteiger partial charge in [0.15, 0.2) is 0 Å². The quantitative estimate of drug-likeness (QED) is 0.465. The fraction of sp³-hybridized carbons (Fsp3) is 0.143. The van der Waals surface area contributed by atoms with Crippen molar-refractivity contribution >= 4 is 34.6 Å². The highest BCUT2D eigenvalue weighted by atomic mass is 32.2. The second-order valence-electron chi connectivity index (χ2n) is 6.61. The molecule has 7 nitrogen and oxygen atoms in total. The second-order valence-corrected chi connectivity index (χ2v) is 7.49. The summed E-state index contributed by atoms with van der Waals surface area (Å²) in [5.41, 5.74) is 8.18. The lowest BCUT2D eigenvalue weighted by molar-refractivity contribution is 0.629. The maximum Gasteiger partial charge on any atom is 0.222 e. The number of nitriles is 1. The van der Waals surface area contributed by atoms with E-state index < -0.39 is 0 Å². The Hall–Kier alpha value is -3.64. The molecule has 0 saturated carbocycles. The van der Waals surface area contributed by atoms with Gasteiger partial charge in [-0.15, -0.1) is 11.8 Å². The van der Waals surface area contributed by atoms with E-state index in [4.69, 9.17) is 5.73 Å². The summed E-state index contributed by atoms with van der Waals surface area (Å²) in [5.74, 6) is 0.676. The molecule has 0 unspecified atom stereocenters. The molecule has 9 heteroatoms. The van der Waals surface area contributed by atoms with Gasteiger partial charge in [-0.25, -0.2) is 14.4 Å². The van der Waals surface area contributed by atoms with E-state index in [0.717, 1.165) is 16.1 Å². The minimum Gasteiger partial charge on any atom is -0.368 e. The Labute approximate surface area is 176 Å². The lowest BCUT2D eigenvalue weighted by Crippen LogP contribution is -2.15. The van der Waals surface area contributed by atoms with Gasteiger partial charge in [0.2, 0.25) is 5.95 Å². The average Bonchev–Trinajstić information content (AvgIpc) is 3.12. The van der Waals surface area contributed by atoms with E-state index in [1.165, 1.54) is 18.3 Å². The third-order valence-corrected chi connectivity index (χ3v) is 5.35. The van der Waals surface area contributed by atoms with Gasteiger partial charge in [-0.2, -0.15) is 10.2 Å². The number of rotatable bonds is 5. The maximum absolute atomic E-state index is 13.9. The van der Waals surface area contributed by atoms with Gasteiger partial charge in [0, 0.05) is 16.6 Å². The number of benzene rings is 2.